The van der Waals surface area contributed by atoms with Gasteiger partial charge in [-0.3, -0.25) is 9.35 Å². The summed E-state index contributed by atoms with van der Waals surface area (Å²) < 4.78 is 32.4. The van der Waals surface area contributed by atoms with Crippen LogP contribution < -0.4 is 5.32 Å². The average molecular weight is 686 g/mol. The third-order valence-corrected chi connectivity index (χ3v) is 9.76. The van der Waals surface area contributed by atoms with Crippen LogP contribution in [0.2, 0.25) is 0 Å². The number of aliphatic hydroxyl groups excluding tert-OH is 2. The average Bonchev–Trinajstić information content (AvgIpc) is 3.03. The molecule has 3 unspecified atom stereocenters. The van der Waals surface area contributed by atoms with Crippen LogP contribution in [-0.4, -0.2) is 53.1 Å². The van der Waals surface area contributed by atoms with Crippen LogP contribution in [0.5, 0.6) is 0 Å². The fourth-order valence-corrected chi connectivity index (χ4v) is 6.66. The van der Waals surface area contributed by atoms with Crippen molar-refractivity contribution in [2.45, 2.75) is 212 Å². The lowest BCUT2D eigenvalue weighted by molar-refractivity contribution is -0.130. The summed E-state index contributed by atoms with van der Waals surface area (Å²) in [5, 5.41) is 23.3. The largest absolute Gasteiger partial charge is 0.387 e. The number of amides is 1. The van der Waals surface area contributed by atoms with Crippen molar-refractivity contribution in [3.05, 3.63) is 24.3 Å². The third kappa shape index (κ3) is 33.1. The number of aliphatic hydroxyl groups is 2. The van der Waals surface area contributed by atoms with Gasteiger partial charge in [0.1, 0.15) is 6.10 Å². The van der Waals surface area contributed by atoms with Gasteiger partial charge in [0.15, 0.2) is 0 Å². The first kappa shape index (κ1) is 45.8. The summed E-state index contributed by atoms with van der Waals surface area (Å²) in [5.74, 6) is -1.54. The lowest BCUT2D eigenvalue weighted by Crippen LogP contribution is -2.50. The van der Waals surface area contributed by atoms with Gasteiger partial charge in [0.25, 0.3) is 10.1 Å². The molecule has 278 valence electrons. The van der Waals surface area contributed by atoms with E-state index in [1.54, 1.807) is 6.08 Å². The van der Waals surface area contributed by atoms with Crippen LogP contribution in [0, 0.1) is 0 Å². The van der Waals surface area contributed by atoms with Crippen LogP contribution >= 0.6 is 0 Å². The number of allylic oxidation sites excluding steroid dienone is 3. The van der Waals surface area contributed by atoms with E-state index in [4.69, 9.17) is 0 Å². The normalized spacial score (nSPS) is 14.2. The Hall–Kier alpha value is -1.22. The maximum absolute atomic E-state index is 12.6. The molecule has 0 saturated carbocycles. The maximum Gasteiger partial charge on any atom is 0.267 e. The Labute approximate surface area is 290 Å². The topological polar surface area (TPSA) is 124 Å². The van der Waals surface area contributed by atoms with E-state index in [9.17, 15) is 28.0 Å². The lowest BCUT2D eigenvalue weighted by Gasteiger charge is -2.22. The molecule has 0 saturated heterocycles. The highest BCUT2D eigenvalue weighted by Gasteiger charge is 2.27. The van der Waals surface area contributed by atoms with Gasteiger partial charge in [-0.05, 0) is 44.9 Å². The predicted molar refractivity (Wildman–Crippen MR) is 199 cm³/mol. The second kappa shape index (κ2) is 33.3. The number of hydrogen-bond donors (Lipinski definition) is 4. The smallest absolute Gasteiger partial charge is 0.267 e. The Morgan fingerprint density at radius 3 is 1.34 bits per heavy atom. The second-order valence-corrected chi connectivity index (χ2v) is 15.2. The molecular weight excluding hydrogens is 610 g/mol. The Morgan fingerprint density at radius 1 is 0.574 bits per heavy atom. The molecule has 0 heterocycles. The fourth-order valence-electron chi connectivity index (χ4n) is 5.92. The monoisotopic (exact) mass is 686 g/mol. The molecule has 0 rings (SSSR count). The molecule has 0 aliphatic heterocycles. The van der Waals surface area contributed by atoms with Crippen molar-refractivity contribution in [3.63, 3.8) is 0 Å². The van der Waals surface area contributed by atoms with Crippen molar-refractivity contribution >= 4 is 16.0 Å². The van der Waals surface area contributed by atoms with Gasteiger partial charge in [0.2, 0.25) is 5.91 Å². The summed E-state index contributed by atoms with van der Waals surface area (Å²) in [4.78, 5) is 12.6. The van der Waals surface area contributed by atoms with Crippen LogP contribution in [0.3, 0.4) is 0 Å². The summed E-state index contributed by atoms with van der Waals surface area (Å²) in [6.45, 7) is 4.49. The van der Waals surface area contributed by atoms with Crippen molar-refractivity contribution in [2.75, 3.05) is 5.75 Å². The van der Waals surface area contributed by atoms with E-state index in [-0.39, 0.29) is 6.42 Å². The second-order valence-electron chi connectivity index (χ2n) is 13.7. The van der Waals surface area contributed by atoms with Gasteiger partial charge < -0.3 is 15.5 Å². The van der Waals surface area contributed by atoms with Gasteiger partial charge in [-0.15, -0.1) is 0 Å². The summed E-state index contributed by atoms with van der Waals surface area (Å²) in [6.07, 6.45) is 38.0. The Kier molecular flexibility index (Phi) is 32.4. The number of rotatable bonds is 35. The molecule has 0 aliphatic carbocycles. The molecular formula is C39H75NO6S. The summed E-state index contributed by atoms with van der Waals surface area (Å²) in [5.41, 5.74) is 0. The van der Waals surface area contributed by atoms with Gasteiger partial charge in [0, 0.05) is 0 Å². The van der Waals surface area contributed by atoms with Crippen LogP contribution in [-0.2, 0) is 14.9 Å². The first-order chi connectivity index (χ1) is 22.7. The Morgan fingerprint density at radius 2 is 0.936 bits per heavy atom. The maximum atomic E-state index is 12.6. The van der Waals surface area contributed by atoms with Gasteiger partial charge in [0.05, 0.1) is 17.9 Å². The minimum atomic E-state index is -4.44. The van der Waals surface area contributed by atoms with Crippen LogP contribution in [0.25, 0.3) is 0 Å². The Balaban J connectivity index is 4.08. The highest BCUT2D eigenvalue weighted by molar-refractivity contribution is 7.85. The number of nitrogens with one attached hydrogen (secondary N) is 1. The molecule has 3 atom stereocenters. The summed E-state index contributed by atoms with van der Waals surface area (Å²) in [7, 11) is -4.44. The van der Waals surface area contributed by atoms with Crippen molar-refractivity contribution in [3.8, 4) is 0 Å². The van der Waals surface area contributed by atoms with E-state index >= 15 is 0 Å². The van der Waals surface area contributed by atoms with Crippen molar-refractivity contribution in [2.24, 2.45) is 0 Å². The van der Waals surface area contributed by atoms with Crippen LogP contribution in [0.4, 0.5) is 0 Å². The first-order valence-electron chi connectivity index (χ1n) is 19.6. The Bertz CT molecular complexity index is 860. The third-order valence-electron chi connectivity index (χ3n) is 8.98. The van der Waals surface area contributed by atoms with Crippen molar-refractivity contribution in [1.82, 2.24) is 5.32 Å². The van der Waals surface area contributed by atoms with Crippen LogP contribution in [0.15, 0.2) is 24.3 Å². The van der Waals surface area contributed by atoms with Gasteiger partial charge >= 0.3 is 0 Å². The van der Waals surface area contributed by atoms with Crippen molar-refractivity contribution < 1.29 is 28.0 Å². The molecule has 0 aromatic rings. The lowest BCUT2D eigenvalue weighted by atomic mass is 10.0. The number of carbonyl (C=O) groups excluding carboxylic acids is 1. The molecule has 4 N–H and O–H groups in total. The zero-order valence-electron chi connectivity index (χ0n) is 30.5. The molecule has 1 amide bonds. The zero-order chi connectivity index (χ0) is 34.9. The molecule has 0 spiro atoms. The van der Waals surface area contributed by atoms with Crippen LogP contribution in [0.1, 0.15) is 194 Å². The highest BCUT2D eigenvalue weighted by Crippen LogP contribution is 2.14. The first-order valence-corrected chi connectivity index (χ1v) is 21.3. The van der Waals surface area contributed by atoms with E-state index < -0.39 is 40.0 Å². The predicted octanol–water partition coefficient (Wildman–Crippen LogP) is 10.2. The minimum Gasteiger partial charge on any atom is -0.387 e. The van der Waals surface area contributed by atoms with E-state index in [1.807, 2.05) is 0 Å². The summed E-state index contributed by atoms with van der Waals surface area (Å²) in [6, 6.07) is -1.23. The highest BCUT2D eigenvalue weighted by atomic mass is 32.2. The van der Waals surface area contributed by atoms with E-state index in [1.165, 1.54) is 122 Å². The number of unbranched alkanes of at least 4 members (excludes halogenated alkanes) is 24. The molecule has 0 aromatic carbocycles. The number of hydrogen-bond acceptors (Lipinski definition) is 5. The van der Waals surface area contributed by atoms with Gasteiger partial charge in [-0.1, -0.05) is 173 Å². The number of carbonyl (C=O) groups is 1. The van der Waals surface area contributed by atoms with E-state index in [0.717, 1.165) is 51.4 Å². The fraction of sp³-hybridized carbons (Fsp3) is 0.872. The zero-order valence-corrected chi connectivity index (χ0v) is 31.3. The van der Waals surface area contributed by atoms with Gasteiger partial charge in [-0.25, -0.2) is 0 Å². The molecule has 47 heavy (non-hydrogen) atoms. The van der Waals surface area contributed by atoms with E-state index in [0.29, 0.717) is 6.42 Å². The molecule has 0 aliphatic rings. The SMILES string of the molecule is CCCCCCCCCCC/C=C\CCCCCCC(O)C(=O)NC(CS(=O)(=O)O)C(O)/C=C/CCCCCCCCCCCCC. The molecule has 7 nitrogen and oxygen atoms in total. The quantitative estimate of drug-likeness (QED) is 0.0299. The molecule has 0 aromatic heterocycles. The molecule has 0 bridgehead atoms. The van der Waals surface area contributed by atoms with Gasteiger partial charge in [-0.2, -0.15) is 8.42 Å². The van der Waals surface area contributed by atoms with Crippen molar-refractivity contribution in [1.29, 1.82) is 0 Å². The minimum absolute atomic E-state index is 0.268. The molecule has 0 fully saturated rings. The van der Waals surface area contributed by atoms with E-state index in [2.05, 4.69) is 31.3 Å². The molecule has 8 heteroatoms. The summed E-state index contributed by atoms with van der Waals surface area (Å²) >= 11 is 0. The standard InChI is InChI=1S/C39H75NO6S/c1-3-5-7-9-11-13-15-17-18-19-20-22-24-26-28-30-32-34-38(42)39(43)40-36(35-47(44,45)46)37(41)33-31-29-27-25-23-21-16-14-12-10-8-6-4-2/h20,22,31,33,36-38,41-42H,3-19,21,23-30,32,34-35H2,1-2H3,(H,40,43)(H,44,45,46)/b22-20-,33-31+. The molecule has 0 radical (unpaired) electrons.